The van der Waals surface area contributed by atoms with E-state index in [4.69, 9.17) is 4.84 Å². The lowest BCUT2D eigenvalue weighted by Gasteiger charge is -2.16. The summed E-state index contributed by atoms with van der Waals surface area (Å²) < 4.78 is 56.1. The number of aromatic nitrogens is 2. The Balaban J connectivity index is 1.85. The van der Waals surface area contributed by atoms with Gasteiger partial charge in [-0.25, -0.2) is 22.5 Å². The van der Waals surface area contributed by atoms with E-state index in [0.29, 0.717) is 0 Å². The molecule has 3 aromatic rings. The van der Waals surface area contributed by atoms with E-state index in [1.54, 1.807) is 10.8 Å². The van der Waals surface area contributed by atoms with E-state index in [0.717, 1.165) is 30.5 Å². The monoisotopic (exact) mass is 363 g/mol. The van der Waals surface area contributed by atoms with Crippen LogP contribution in [0.5, 0.6) is 0 Å². The van der Waals surface area contributed by atoms with Gasteiger partial charge in [0.05, 0.1) is 24.7 Å². The highest BCUT2D eigenvalue weighted by atomic mass is 19.1. The normalized spacial score (nSPS) is 12.5. The highest BCUT2D eigenvalue weighted by Gasteiger charge is 2.19. The van der Waals surface area contributed by atoms with Crippen LogP contribution in [-0.4, -0.2) is 15.8 Å². The zero-order chi connectivity index (χ0) is 18.5. The minimum absolute atomic E-state index is 0.0475. The van der Waals surface area contributed by atoms with Crippen LogP contribution in [0.4, 0.5) is 17.6 Å². The van der Waals surface area contributed by atoms with Gasteiger partial charge in [-0.2, -0.15) is 0 Å². The third kappa shape index (κ3) is 4.08. The molecule has 0 saturated heterocycles. The Morgan fingerprint density at radius 1 is 1.08 bits per heavy atom. The van der Waals surface area contributed by atoms with Gasteiger partial charge in [0.15, 0.2) is 6.10 Å². The van der Waals surface area contributed by atoms with Crippen molar-refractivity contribution in [3.05, 3.63) is 89.5 Å². The molecule has 4 nitrogen and oxygen atoms in total. The predicted molar refractivity (Wildman–Crippen MR) is 86.4 cm³/mol. The first kappa shape index (κ1) is 17.7. The number of benzene rings is 2. The van der Waals surface area contributed by atoms with Crippen LogP contribution in [0.15, 0.2) is 60.3 Å². The van der Waals surface area contributed by atoms with E-state index in [1.165, 1.54) is 24.7 Å². The summed E-state index contributed by atoms with van der Waals surface area (Å²) in [4.78, 5) is 9.13. The molecule has 3 rings (SSSR count). The standard InChI is InChI=1S/C18H13F4N3O/c19-12-4-5-13(17(22)8-12)18(10-25-7-6-23-11-25)26-24-9-14-15(20)2-1-3-16(14)21/h1-9,11,18H,10H2/b24-9+. The average molecular weight is 363 g/mol. The lowest BCUT2D eigenvalue weighted by Crippen LogP contribution is -2.12. The van der Waals surface area contributed by atoms with Crippen molar-refractivity contribution in [1.82, 2.24) is 9.55 Å². The first-order valence-corrected chi connectivity index (χ1v) is 7.58. The van der Waals surface area contributed by atoms with E-state index >= 15 is 0 Å². The number of nitrogens with zero attached hydrogens (tertiary/aromatic N) is 3. The van der Waals surface area contributed by atoms with Gasteiger partial charge in [-0.1, -0.05) is 11.2 Å². The Morgan fingerprint density at radius 2 is 1.85 bits per heavy atom. The Hall–Kier alpha value is -3.16. The number of halogens is 4. The van der Waals surface area contributed by atoms with Crippen LogP contribution >= 0.6 is 0 Å². The highest BCUT2D eigenvalue weighted by Crippen LogP contribution is 2.24. The molecule has 0 amide bonds. The van der Waals surface area contributed by atoms with Crippen LogP contribution in [0.1, 0.15) is 17.2 Å². The number of imidazole rings is 1. The van der Waals surface area contributed by atoms with Crippen molar-refractivity contribution < 1.29 is 22.4 Å². The average Bonchev–Trinajstić information content (AvgIpc) is 3.10. The maximum Gasteiger partial charge on any atom is 0.173 e. The Kier molecular flexibility index (Phi) is 5.31. The van der Waals surface area contributed by atoms with E-state index in [1.807, 2.05) is 0 Å². The summed E-state index contributed by atoms with van der Waals surface area (Å²) >= 11 is 0. The van der Waals surface area contributed by atoms with Gasteiger partial charge in [-0.3, -0.25) is 0 Å². The maximum atomic E-state index is 14.1. The topological polar surface area (TPSA) is 39.4 Å². The molecule has 0 N–H and O–H groups in total. The minimum atomic E-state index is -0.962. The van der Waals surface area contributed by atoms with Crippen molar-refractivity contribution in [2.75, 3.05) is 0 Å². The van der Waals surface area contributed by atoms with Crippen LogP contribution in [0.25, 0.3) is 0 Å². The molecule has 1 heterocycles. The maximum absolute atomic E-state index is 14.1. The molecular weight excluding hydrogens is 350 g/mol. The van der Waals surface area contributed by atoms with Crippen LogP contribution in [0.3, 0.4) is 0 Å². The summed E-state index contributed by atoms with van der Waals surface area (Å²) in [7, 11) is 0. The number of rotatable bonds is 6. The second-order valence-corrected chi connectivity index (χ2v) is 5.39. The largest absolute Gasteiger partial charge is 0.386 e. The van der Waals surface area contributed by atoms with Crippen LogP contribution in [0, 0.1) is 23.3 Å². The second-order valence-electron chi connectivity index (χ2n) is 5.39. The van der Waals surface area contributed by atoms with Crippen LogP contribution < -0.4 is 0 Å². The zero-order valence-electron chi connectivity index (χ0n) is 13.3. The van der Waals surface area contributed by atoms with Crippen LogP contribution in [-0.2, 0) is 11.4 Å². The van der Waals surface area contributed by atoms with E-state index in [9.17, 15) is 17.6 Å². The summed E-state index contributed by atoms with van der Waals surface area (Å²) in [5, 5.41) is 3.58. The van der Waals surface area contributed by atoms with Gasteiger partial charge in [-0.05, 0) is 24.3 Å². The summed E-state index contributed by atoms with van der Waals surface area (Å²) in [6, 6.07) is 6.41. The molecule has 0 aliphatic carbocycles. The van der Waals surface area contributed by atoms with E-state index in [2.05, 4.69) is 10.1 Å². The molecule has 0 aliphatic heterocycles. The molecule has 0 saturated carbocycles. The molecule has 0 aliphatic rings. The minimum Gasteiger partial charge on any atom is -0.386 e. The summed E-state index contributed by atoms with van der Waals surface area (Å²) in [5.41, 5.74) is -0.334. The van der Waals surface area contributed by atoms with Gasteiger partial charge in [-0.15, -0.1) is 0 Å². The first-order valence-electron chi connectivity index (χ1n) is 7.58. The molecule has 0 fully saturated rings. The van der Waals surface area contributed by atoms with Crippen LogP contribution in [0.2, 0.25) is 0 Å². The molecule has 2 aromatic carbocycles. The van der Waals surface area contributed by atoms with Crippen molar-refractivity contribution in [3.63, 3.8) is 0 Å². The molecule has 1 aromatic heterocycles. The van der Waals surface area contributed by atoms with Gasteiger partial charge in [0, 0.05) is 24.0 Å². The zero-order valence-corrected chi connectivity index (χ0v) is 13.3. The summed E-state index contributed by atoms with van der Waals surface area (Å²) in [5.74, 6) is -3.17. The van der Waals surface area contributed by atoms with Gasteiger partial charge in [0.1, 0.15) is 23.3 Å². The molecule has 0 bridgehead atoms. The highest BCUT2D eigenvalue weighted by molar-refractivity contribution is 5.79. The Bertz CT molecular complexity index is 893. The van der Waals surface area contributed by atoms with Crippen molar-refractivity contribution in [1.29, 1.82) is 0 Å². The second kappa shape index (κ2) is 7.81. The van der Waals surface area contributed by atoms with Gasteiger partial charge in [0.25, 0.3) is 0 Å². The van der Waals surface area contributed by atoms with Gasteiger partial charge >= 0.3 is 0 Å². The number of oxime groups is 1. The third-order valence-electron chi connectivity index (χ3n) is 3.61. The summed E-state index contributed by atoms with van der Waals surface area (Å²) in [6.45, 7) is 0.111. The fraction of sp³-hybridized carbons (Fsp3) is 0.111. The molecular formula is C18H13F4N3O. The molecule has 8 heteroatoms. The SMILES string of the molecule is Fc1ccc(C(Cn2ccnc2)O/N=C/c2c(F)cccc2F)c(F)c1. The molecule has 26 heavy (non-hydrogen) atoms. The van der Waals surface area contributed by atoms with Crippen molar-refractivity contribution in [3.8, 4) is 0 Å². The number of hydrogen-bond donors (Lipinski definition) is 0. The fourth-order valence-electron chi connectivity index (χ4n) is 2.33. The molecule has 0 radical (unpaired) electrons. The molecule has 1 unspecified atom stereocenters. The van der Waals surface area contributed by atoms with E-state index in [-0.39, 0.29) is 17.7 Å². The molecule has 0 spiro atoms. The predicted octanol–water partition coefficient (Wildman–Crippen LogP) is 4.23. The van der Waals surface area contributed by atoms with Crippen molar-refractivity contribution in [2.45, 2.75) is 12.6 Å². The van der Waals surface area contributed by atoms with Gasteiger partial charge in [0.2, 0.25) is 0 Å². The van der Waals surface area contributed by atoms with Gasteiger partial charge < -0.3 is 9.40 Å². The lowest BCUT2D eigenvalue weighted by molar-refractivity contribution is 0.0442. The van der Waals surface area contributed by atoms with Crippen molar-refractivity contribution in [2.24, 2.45) is 5.16 Å². The molecule has 1 atom stereocenters. The third-order valence-corrected chi connectivity index (χ3v) is 3.61. The quantitative estimate of drug-likeness (QED) is 0.373. The Morgan fingerprint density at radius 3 is 2.50 bits per heavy atom. The summed E-state index contributed by atoms with van der Waals surface area (Å²) in [6.07, 6.45) is 4.54. The van der Waals surface area contributed by atoms with Crippen molar-refractivity contribution >= 4 is 6.21 Å². The first-order chi connectivity index (χ1) is 12.5. The Labute approximate surface area is 146 Å². The molecule has 134 valence electrons. The smallest absolute Gasteiger partial charge is 0.173 e. The fourth-order valence-corrected chi connectivity index (χ4v) is 2.33. The number of hydrogen-bond acceptors (Lipinski definition) is 3. The lowest BCUT2D eigenvalue weighted by atomic mass is 10.1. The van der Waals surface area contributed by atoms with E-state index < -0.39 is 29.4 Å².